The number of amides is 2. The van der Waals surface area contributed by atoms with Crippen molar-refractivity contribution in [2.24, 2.45) is 0 Å². The number of aryl methyl sites for hydroxylation is 1. The molecule has 2 aliphatic heterocycles. The monoisotopic (exact) mass is 735 g/mol. The number of alkyl halides is 3. The number of benzene rings is 1. The zero-order valence-corrected chi connectivity index (χ0v) is 29.8. The zero-order chi connectivity index (χ0) is 37.8. The summed E-state index contributed by atoms with van der Waals surface area (Å²) in [5.41, 5.74) is 0.536. The predicted molar refractivity (Wildman–Crippen MR) is 188 cm³/mol. The van der Waals surface area contributed by atoms with E-state index in [1.165, 1.54) is 23.8 Å². The van der Waals surface area contributed by atoms with Crippen LogP contribution in [0.2, 0.25) is 0 Å². The number of likely N-dealkylation sites (tertiary alicyclic amines) is 1. The van der Waals surface area contributed by atoms with Gasteiger partial charge in [-0.05, 0) is 74.8 Å². The molecule has 1 fully saturated rings. The normalized spacial score (nSPS) is 18.3. The van der Waals surface area contributed by atoms with Gasteiger partial charge < -0.3 is 29.5 Å². The summed E-state index contributed by atoms with van der Waals surface area (Å²) < 4.78 is 48.3. The van der Waals surface area contributed by atoms with Gasteiger partial charge in [0.05, 0.1) is 18.8 Å². The van der Waals surface area contributed by atoms with Crippen LogP contribution in [0.1, 0.15) is 84.1 Å². The third kappa shape index (κ3) is 6.40. The lowest BCUT2D eigenvalue weighted by Gasteiger charge is -2.39. The number of nitrogens with one attached hydrogen (secondary N) is 1. The van der Waals surface area contributed by atoms with Crippen LogP contribution in [0, 0.1) is 6.92 Å². The second-order valence-electron chi connectivity index (χ2n) is 14.0. The van der Waals surface area contributed by atoms with Gasteiger partial charge in [-0.3, -0.25) is 14.4 Å². The van der Waals surface area contributed by atoms with E-state index in [9.17, 15) is 32.7 Å². The van der Waals surface area contributed by atoms with Crippen LogP contribution in [0.4, 0.5) is 24.7 Å². The van der Waals surface area contributed by atoms with Gasteiger partial charge in [-0.15, -0.1) is 5.10 Å². The van der Waals surface area contributed by atoms with Crippen molar-refractivity contribution in [1.29, 1.82) is 0 Å². The summed E-state index contributed by atoms with van der Waals surface area (Å²) in [6, 6.07) is 3.13. The molecule has 280 valence electrons. The number of ether oxygens (including phenoxy) is 1. The highest BCUT2D eigenvalue weighted by molar-refractivity contribution is 5.96. The number of anilines is 2. The molecule has 14 nitrogen and oxygen atoms in total. The fourth-order valence-corrected chi connectivity index (χ4v) is 7.90. The molecule has 53 heavy (non-hydrogen) atoms. The molecule has 7 rings (SSSR count). The number of halogens is 3. The van der Waals surface area contributed by atoms with Crippen LogP contribution in [-0.4, -0.2) is 90.8 Å². The predicted octanol–water partition coefficient (Wildman–Crippen LogP) is 4.29. The molecule has 1 spiro atoms. The first kappa shape index (κ1) is 36.1. The number of nitrogens with zero attached hydrogens (tertiary/aromatic N) is 8. The van der Waals surface area contributed by atoms with E-state index in [0.717, 1.165) is 17.7 Å². The Balaban J connectivity index is 1.24. The van der Waals surface area contributed by atoms with Gasteiger partial charge in [-0.25, -0.2) is 9.97 Å². The van der Waals surface area contributed by atoms with Crippen molar-refractivity contribution in [3.05, 3.63) is 74.9 Å². The van der Waals surface area contributed by atoms with Crippen LogP contribution < -0.4 is 15.8 Å². The van der Waals surface area contributed by atoms with Gasteiger partial charge in [0.25, 0.3) is 11.5 Å². The van der Waals surface area contributed by atoms with Crippen LogP contribution in [0.15, 0.2) is 35.4 Å². The number of fused-ring (bicyclic) bond motifs is 3. The first-order chi connectivity index (χ1) is 25.2. The topological polar surface area (TPSA) is 160 Å². The van der Waals surface area contributed by atoms with E-state index < -0.39 is 29.0 Å². The number of carbonyl (C=O) groups excluding carboxylic acids is 2. The minimum absolute atomic E-state index is 0.0950. The molecule has 0 saturated carbocycles. The smallest absolute Gasteiger partial charge is 0.416 e. The molecule has 1 aromatic carbocycles. The molecule has 5 heterocycles. The van der Waals surface area contributed by atoms with Gasteiger partial charge in [0.1, 0.15) is 12.9 Å². The van der Waals surface area contributed by atoms with E-state index in [1.807, 2.05) is 19.9 Å². The Morgan fingerprint density at radius 3 is 2.60 bits per heavy atom. The van der Waals surface area contributed by atoms with Crippen molar-refractivity contribution in [1.82, 2.24) is 34.0 Å². The van der Waals surface area contributed by atoms with Crippen molar-refractivity contribution in [3.63, 3.8) is 0 Å². The first-order valence-corrected chi connectivity index (χ1v) is 17.6. The van der Waals surface area contributed by atoms with Crippen LogP contribution in [0.25, 0.3) is 11.4 Å². The molecule has 1 saturated heterocycles. The molecule has 3 aromatic heterocycles. The second-order valence-corrected chi connectivity index (χ2v) is 14.0. The fraction of sp³-hybridized carbons (Fsp3) is 0.472. The van der Waals surface area contributed by atoms with Crippen molar-refractivity contribution >= 4 is 34.7 Å². The third-order valence-corrected chi connectivity index (χ3v) is 10.7. The van der Waals surface area contributed by atoms with E-state index in [0.29, 0.717) is 62.5 Å². The molecular weight excluding hydrogens is 695 g/mol. The van der Waals surface area contributed by atoms with Crippen LogP contribution >= 0.6 is 0 Å². The maximum absolute atomic E-state index is 14.5. The molecule has 17 heteroatoms. The number of carbonyl (C=O) groups is 2. The number of aromatic nitrogens is 6. The van der Waals surface area contributed by atoms with Crippen LogP contribution in [0.3, 0.4) is 0 Å². The average Bonchev–Trinajstić information content (AvgIpc) is 3.71. The molecule has 3 aliphatic rings. The summed E-state index contributed by atoms with van der Waals surface area (Å²) in [4.78, 5) is 58.2. The van der Waals surface area contributed by atoms with Gasteiger partial charge in [0, 0.05) is 49.0 Å². The second kappa shape index (κ2) is 13.6. The molecular formula is C36H40F3N9O5. The standard InChI is InChI=1S/C36H40F3N9O5/c1-5-45(4)31-29(50)27(40-19-41-31)33(52)46-12-10-35(11-13-46)17-21(3)28-26(35)32(51)48-34(43-30(44-48)22-8-14-53-15-9-22)47(28)18-25(49)42-24-7-6-23(16-20(24)2)36(37,38)39/h6-8,16,19,21,50H,5,9-15,17-18H2,1-4H3,(H,42,49). The van der Waals surface area contributed by atoms with Gasteiger partial charge >= 0.3 is 6.18 Å². The van der Waals surface area contributed by atoms with E-state index in [4.69, 9.17) is 9.72 Å². The van der Waals surface area contributed by atoms with Crippen LogP contribution in [0.5, 0.6) is 5.75 Å². The maximum Gasteiger partial charge on any atom is 0.416 e. The van der Waals surface area contributed by atoms with Gasteiger partial charge in [0.2, 0.25) is 11.7 Å². The minimum Gasteiger partial charge on any atom is -0.503 e. The van der Waals surface area contributed by atoms with Gasteiger partial charge in [-0.2, -0.15) is 22.7 Å². The molecule has 0 bridgehead atoms. The summed E-state index contributed by atoms with van der Waals surface area (Å²) in [5.74, 6) is -0.652. The lowest BCUT2D eigenvalue weighted by Crippen LogP contribution is -2.46. The Hall–Kier alpha value is -5.32. The fourth-order valence-electron chi connectivity index (χ4n) is 7.90. The summed E-state index contributed by atoms with van der Waals surface area (Å²) in [5, 5.41) is 18.3. The molecule has 2 amide bonds. The Morgan fingerprint density at radius 1 is 1.19 bits per heavy atom. The molecule has 4 aromatic rings. The number of hydrogen-bond acceptors (Lipinski definition) is 10. The lowest BCUT2D eigenvalue weighted by molar-refractivity contribution is -0.137. The first-order valence-electron chi connectivity index (χ1n) is 17.6. The Bertz CT molecular complexity index is 2200. The highest BCUT2D eigenvalue weighted by Crippen LogP contribution is 2.50. The Labute approximate surface area is 302 Å². The largest absolute Gasteiger partial charge is 0.503 e. The minimum atomic E-state index is -4.52. The van der Waals surface area contributed by atoms with E-state index in [2.05, 4.69) is 20.4 Å². The lowest BCUT2D eigenvalue weighted by atomic mass is 9.73. The summed E-state index contributed by atoms with van der Waals surface area (Å²) in [6.07, 6.45) is 0.573. The van der Waals surface area contributed by atoms with Crippen molar-refractivity contribution in [2.75, 3.05) is 50.1 Å². The van der Waals surface area contributed by atoms with Crippen molar-refractivity contribution < 1.29 is 32.6 Å². The molecule has 1 unspecified atom stereocenters. The van der Waals surface area contributed by atoms with Crippen molar-refractivity contribution in [2.45, 2.75) is 70.5 Å². The van der Waals surface area contributed by atoms with E-state index >= 15 is 0 Å². The maximum atomic E-state index is 14.5. The zero-order valence-electron chi connectivity index (χ0n) is 29.8. The summed E-state index contributed by atoms with van der Waals surface area (Å²) in [7, 11) is 1.75. The molecule has 2 N–H and O–H groups in total. The highest BCUT2D eigenvalue weighted by Gasteiger charge is 2.49. The molecule has 1 atom stereocenters. The van der Waals surface area contributed by atoms with E-state index in [-0.39, 0.29) is 65.4 Å². The number of aromatic hydroxyl groups is 1. The average molecular weight is 736 g/mol. The molecule has 0 radical (unpaired) electrons. The third-order valence-electron chi connectivity index (χ3n) is 10.7. The molecule has 1 aliphatic carbocycles. The summed E-state index contributed by atoms with van der Waals surface area (Å²) >= 11 is 0. The van der Waals surface area contributed by atoms with Gasteiger partial charge in [0.15, 0.2) is 23.1 Å². The van der Waals surface area contributed by atoms with E-state index in [1.54, 1.807) is 21.4 Å². The van der Waals surface area contributed by atoms with Gasteiger partial charge in [-0.1, -0.05) is 13.0 Å². The van der Waals surface area contributed by atoms with Crippen molar-refractivity contribution in [3.8, 4) is 5.75 Å². The highest BCUT2D eigenvalue weighted by atomic mass is 19.4. The number of hydrogen-bond donors (Lipinski definition) is 2. The number of piperidine rings is 1. The summed E-state index contributed by atoms with van der Waals surface area (Å²) in [6.45, 7) is 7.06. The SMILES string of the molecule is CCN(C)c1ncnc(C(=O)N2CCC3(CC2)CC(C)c2c3c(=O)n3nc(C4=CCOCC4)nc3n2CC(=O)Nc2ccc(C(F)(F)F)cc2C)c1O. The Morgan fingerprint density at radius 2 is 1.94 bits per heavy atom. The van der Waals surface area contributed by atoms with Crippen LogP contribution in [-0.2, 0) is 27.7 Å². The number of rotatable bonds is 7. The Kier molecular flexibility index (Phi) is 9.24. The quantitative estimate of drug-likeness (QED) is 0.280.